The Balaban J connectivity index is 1.28. The average molecular weight is 434 g/mol. The first-order chi connectivity index (χ1) is 14.7. The van der Waals surface area contributed by atoms with Crippen molar-refractivity contribution < 1.29 is 9.53 Å². The summed E-state index contributed by atoms with van der Waals surface area (Å²) in [6.07, 6.45) is 3.51. The summed E-state index contributed by atoms with van der Waals surface area (Å²) in [6, 6.07) is 19.1. The Morgan fingerprint density at radius 2 is 1.97 bits per heavy atom. The number of nitrogens with zero attached hydrogens (tertiary/aromatic N) is 2. The number of rotatable bonds is 7. The number of benzene rings is 2. The number of thiazole rings is 1. The summed E-state index contributed by atoms with van der Waals surface area (Å²) in [7, 11) is 0. The van der Waals surface area contributed by atoms with Crippen LogP contribution in [0.25, 0.3) is 11.3 Å². The zero-order valence-electron chi connectivity index (χ0n) is 16.2. The molecule has 0 fully saturated rings. The first-order valence-electron chi connectivity index (χ1n) is 9.29. The number of pyridine rings is 1. The number of hydrogen-bond donors (Lipinski definition) is 1. The van der Waals surface area contributed by atoms with E-state index in [4.69, 9.17) is 4.74 Å². The Morgan fingerprint density at radius 1 is 1.10 bits per heavy atom. The van der Waals surface area contributed by atoms with Crippen molar-refractivity contribution in [3.8, 4) is 22.8 Å². The number of aryl methyl sites for hydroxylation is 1. The lowest BCUT2D eigenvalue weighted by molar-refractivity contribution is -0.113. The fraction of sp³-hybridized carbons (Fsp3) is 0.0870. The highest BCUT2D eigenvalue weighted by molar-refractivity contribution is 8.01. The predicted molar refractivity (Wildman–Crippen MR) is 122 cm³/mol. The smallest absolute Gasteiger partial charge is 0.234 e. The Bertz CT molecular complexity index is 1130. The quantitative estimate of drug-likeness (QED) is 0.360. The molecule has 2 aromatic heterocycles. The van der Waals surface area contributed by atoms with Gasteiger partial charge in [-0.2, -0.15) is 0 Å². The molecule has 0 spiro atoms. The standard InChI is InChI=1S/C23H19N3O2S2/c1-16-4-2-6-20(12-16)28-19-9-7-18(8-10-19)25-22(27)15-30-23-26-21(14-29-23)17-5-3-11-24-13-17/h2-14H,15H2,1H3,(H,25,27). The van der Waals surface area contributed by atoms with Crippen LogP contribution in [0.5, 0.6) is 11.5 Å². The molecule has 0 aliphatic carbocycles. The summed E-state index contributed by atoms with van der Waals surface area (Å²) in [5, 5.41) is 4.88. The predicted octanol–water partition coefficient (Wildman–Crippen LogP) is 6.04. The molecule has 0 aliphatic heterocycles. The first kappa shape index (κ1) is 20.1. The highest BCUT2D eigenvalue weighted by Gasteiger charge is 2.09. The lowest BCUT2D eigenvalue weighted by Gasteiger charge is -2.08. The molecule has 2 heterocycles. The van der Waals surface area contributed by atoms with Crippen molar-refractivity contribution in [2.45, 2.75) is 11.3 Å². The van der Waals surface area contributed by atoms with Crippen molar-refractivity contribution in [3.05, 3.63) is 84.0 Å². The fourth-order valence-electron chi connectivity index (χ4n) is 2.72. The van der Waals surface area contributed by atoms with Crippen molar-refractivity contribution in [2.75, 3.05) is 11.1 Å². The molecule has 0 saturated heterocycles. The summed E-state index contributed by atoms with van der Waals surface area (Å²) < 4.78 is 6.69. The van der Waals surface area contributed by atoms with Gasteiger partial charge in [0, 0.05) is 29.0 Å². The zero-order valence-corrected chi connectivity index (χ0v) is 17.9. The fourth-order valence-corrected chi connectivity index (χ4v) is 4.35. The Morgan fingerprint density at radius 3 is 2.73 bits per heavy atom. The summed E-state index contributed by atoms with van der Waals surface area (Å²) in [5.41, 5.74) is 3.72. The number of carbonyl (C=O) groups excluding carboxylic acids is 1. The maximum atomic E-state index is 12.3. The lowest BCUT2D eigenvalue weighted by atomic mass is 10.2. The molecule has 4 rings (SSSR count). The minimum atomic E-state index is -0.0783. The Labute approximate surface area is 183 Å². The van der Waals surface area contributed by atoms with Gasteiger partial charge in [0.15, 0.2) is 4.34 Å². The normalized spacial score (nSPS) is 10.6. The number of carbonyl (C=O) groups is 1. The molecule has 0 aliphatic rings. The van der Waals surface area contributed by atoms with Gasteiger partial charge in [-0.1, -0.05) is 23.9 Å². The molecule has 4 aromatic rings. The number of nitrogens with one attached hydrogen (secondary N) is 1. The second-order valence-corrected chi connectivity index (χ2v) is 8.60. The van der Waals surface area contributed by atoms with Crippen LogP contribution in [0.2, 0.25) is 0 Å². The van der Waals surface area contributed by atoms with Gasteiger partial charge in [-0.15, -0.1) is 11.3 Å². The molecule has 0 bridgehead atoms. The second-order valence-electron chi connectivity index (χ2n) is 6.52. The van der Waals surface area contributed by atoms with Crippen LogP contribution in [0.3, 0.4) is 0 Å². The van der Waals surface area contributed by atoms with Crippen LogP contribution in [-0.2, 0) is 4.79 Å². The molecule has 5 nitrogen and oxygen atoms in total. The Hall–Kier alpha value is -3.16. The molecule has 0 saturated carbocycles. The van der Waals surface area contributed by atoms with Gasteiger partial charge in [0.25, 0.3) is 0 Å². The van der Waals surface area contributed by atoms with Gasteiger partial charge < -0.3 is 10.1 Å². The van der Waals surface area contributed by atoms with Crippen LogP contribution in [0.1, 0.15) is 5.56 Å². The number of thioether (sulfide) groups is 1. The van der Waals surface area contributed by atoms with Crippen LogP contribution in [0.4, 0.5) is 5.69 Å². The topological polar surface area (TPSA) is 64.1 Å². The van der Waals surface area contributed by atoms with E-state index in [0.717, 1.165) is 38.3 Å². The van der Waals surface area contributed by atoms with Crippen molar-refractivity contribution >= 4 is 34.7 Å². The van der Waals surface area contributed by atoms with E-state index in [1.165, 1.54) is 23.1 Å². The second kappa shape index (κ2) is 9.56. The van der Waals surface area contributed by atoms with Crippen molar-refractivity contribution in [3.63, 3.8) is 0 Å². The number of ether oxygens (including phenoxy) is 1. The van der Waals surface area contributed by atoms with Gasteiger partial charge in [-0.05, 0) is 61.0 Å². The summed E-state index contributed by atoms with van der Waals surface area (Å²) in [4.78, 5) is 21.0. The van der Waals surface area contributed by atoms with Crippen LogP contribution in [0.15, 0.2) is 82.8 Å². The number of hydrogen-bond acceptors (Lipinski definition) is 6. The van der Waals surface area contributed by atoms with E-state index in [2.05, 4.69) is 15.3 Å². The van der Waals surface area contributed by atoms with E-state index < -0.39 is 0 Å². The Kier molecular flexibility index (Phi) is 6.41. The summed E-state index contributed by atoms with van der Waals surface area (Å²) in [6.45, 7) is 2.02. The van der Waals surface area contributed by atoms with E-state index in [1.54, 1.807) is 12.4 Å². The van der Waals surface area contributed by atoms with Crippen molar-refractivity contribution in [1.82, 2.24) is 9.97 Å². The lowest BCUT2D eigenvalue weighted by Crippen LogP contribution is -2.13. The summed E-state index contributed by atoms with van der Waals surface area (Å²) >= 11 is 2.94. The van der Waals surface area contributed by atoms with Crippen LogP contribution >= 0.6 is 23.1 Å². The van der Waals surface area contributed by atoms with Gasteiger partial charge in [0.1, 0.15) is 11.5 Å². The molecule has 2 aromatic carbocycles. The molecule has 0 unspecified atom stereocenters. The van der Waals surface area contributed by atoms with E-state index in [-0.39, 0.29) is 5.91 Å². The van der Waals surface area contributed by atoms with E-state index >= 15 is 0 Å². The minimum Gasteiger partial charge on any atom is -0.457 e. The van der Waals surface area contributed by atoms with E-state index in [9.17, 15) is 4.79 Å². The molecule has 0 atom stereocenters. The van der Waals surface area contributed by atoms with Crippen molar-refractivity contribution in [1.29, 1.82) is 0 Å². The monoisotopic (exact) mass is 433 g/mol. The maximum absolute atomic E-state index is 12.3. The maximum Gasteiger partial charge on any atom is 0.234 e. The van der Waals surface area contributed by atoms with E-state index in [0.29, 0.717) is 5.75 Å². The van der Waals surface area contributed by atoms with Gasteiger partial charge in [-0.3, -0.25) is 9.78 Å². The average Bonchev–Trinajstić information content (AvgIpc) is 3.24. The molecular weight excluding hydrogens is 414 g/mol. The third-order valence-corrected chi connectivity index (χ3v) is 6.15. The molecule has 1 N–H and O–H groups in total. The number of anilines is 1. The SMILES string of the molecule is Cc1cccc(Oc2ccc(NC(=O)CSc3nc(-c4cccnc4)cs3)cc2)c1. The van der Waals surface area contributed by atoms with E-state index in [1.807, 2.05) is 73.0 Å². The van der Waals surface area contributed by atoms with Gasteiger partial charge in [0.2, 0.25) is 5.91 Å². The molecular formula is C23H19N3O2S2. The highest BCUT2D eigenvalue weighted by Crippen LogP contribution is 2.28. The molecule has 0 radical (unpaired) electrons. The molecule has 7 heteroatoms. The third kappa shape index (κ3) is 5.46. The first-order valence-corrected chi connectivity index (χ1v) is 11.2. The molecule has 1 amide bonds. The van der Waals surface area contributed by atoms with Crippen molar-refractivity contribution in [2.24, 2.45) is 0 Å². The van der Waals surface area contributed by atoms with Crippen LogP contribution in [-0.4, -0.2) is 21.6 Å². The third-order valence-electron chi connectivity index (χ3n) is 4.13. The number of amides is 1. The molecule has 30 heavy (non-hydrogen) atoms. The van der Waals surface area contributed by atoms with Crippen LogP contribution < -0.4 is 10.1 Å². The van der Waals surface area contributed by atoms with Gasteiger partial charge >= 0.3 is 0 Å². The highest BCUT2D eigenvalue weighted by atomic mass is 32.2. The summed E-state index contributed by atoms with van der Waals surface area (Å²) in [5.74, 6) is 1.73. The largest absolute Gasteiger partial charge is 0.457 e. The zero-order chi connectivity index (χ0) is 20.8. The van der Waals surface area contributed by atoms with Crippen LogP contribution in [0, 0.1) is 6.92 Å². The number of aromatic nitrogens is 2. The van der Waals surface area contributed by atoms with Gasteiger partial charge in [0.05, 0.1) is 11.4 Å². The molecule has 150 valence electrons. The van der Waals surface area contributed by atoms with Gasteiger partial charge in [-0.25, -0.2) is 4.98 Å². The minimum absolute atomic E-state index is 0.0783.